The molecule has 0 atom stereocenters. The van der Waals surface area contributed by atoms with Gasteiger partial charge in [-0.1, -0.05) is 5.92 Å². The summed E-state index contributed by atoms with van der Waals surface area (Å²) in [6.07, 6.45) is 2.10. The molecule has 0 bridgehead atoms. The second-order valence-electron chi connectivity index (χ2n) is 5.97. The van der Waals surface area contributed by atoms with Crippen molar-refractivity contribution >= 4 is 22.6 Å². The predicted molar refractivity (Wildman–Crippen MR) is 99.7 cm³/mol. The molecule has 6 nitrogen and oxygen atoms in total. The number of aromatic nitrogens is 1. The quantitative estimate of drug-likeness (QED) is 0.820. The molecule has 1 fully saturated rings. The van der Waals surface area contributed by atoms with Crippen molar-refractivity contribution in [3.63, 3.8) is 0 Å². The van der Waals surface area contributed by atoms with E-state index in [0.29, 0.717) is 6.54 Å². The van der Waals surface area contributed by atoms with Gasteiger partial charge in [0.1, 0.15) is 0 Å². The lowest BCUT2D eigenvalue weighted by Crippen LogP contribution is -2.38. The standard InChI is InChI=1S/C19H24N4O2/c1-2-3-7-20-19(24)21-17-4-5-18-16(15-17)6-8-23(18)10-9-22-11-13-25-14-12-22/h4-6,8,15H,7,9-14H2,1H3,(H2,20,21,24). The van der Waals surface area contributed by atoms with Crippen molar-refractivity contribution < 1.29 is 9.53 Å². The summed E-state index contributed by atoms with van der Waals surface area (Å²) in [5.41, 5.74) is 1.96. The molecule has 1 aliphatic rings. The highest BCUT2D eigenvalue weighted by molar-refractivity contribution is 5.93. The van der Waals surface area contributed by atoms with E-state index in [1.54, 1.807) is 6.92 Å². The Morgan fingerprint density at radius 3 is 2.88 bits per heavy atom. The van der Waals surface area contributed by atoms with Crippen molar-refractivity contribution in [3.05, 3.63) is 30.5 Å². The number of morpholine rings is 1. The Morgan fingerprint density at radius 1 is 1.24 bits per heavy atom. The van der Waals surface area contributed by atoms with Gasteiger partial charge in [0.2, 0.25) is 0 Å². The number of nitrogens with zero attached hydrogens (tertiary/aromatic N) is 2. The maximum atomic E-state index is 11.8. The number of carbonyl (C=O) groups is 1. The molecule has 2 aromatic rings. The number of hydrogen-bond acceptors (Lipinski definition) is 3. The lowest BCUT2D eigenvalue weighted by atomic mass is 10.2. The fourth-order valence-corrected chi connectivity index (χ4v) is 2.93. The molecule has 2 heterocycles. The van der Waals surface area contributed by atoms with Gasteiger partial charge < -0.3 is 19.9 Å². The van der Waals surface area contributed by atoms with Crippen molar-refractivity contribution in [1.82, 2.24) is 14.8 Å². The Morgan fingerprint density at radius 2 is 2.08 bits per heavy atom. The topological polar surface area (TPSA) is 58.5 Å². The van der Waals surface area contributed by atoms with Crippen molar-refractivity contribution in [2.75, 3.05) is 44.7 Å². The molecule has 132 valence electrons. The van der Waals surface area contributed by atoms with Crippen LogP contribution in [0.15, 0.2) is 30.5 Å². The fourth-order valence-electron chi connectivity index (χ4n) is 2.93. The molecular formula is C19H24N4O2. The monoisotopic (exact) mass is 340 g/mol. The molecular weight excluding hydrogens is 316 g/mol. The van der Waals surface area contributed by atoms with Crippen LogP contribution in [0.2, 0.25) is 0 Å². The molecule has 0 saturated carbocycles. The molecule has 1 aromatic carbocycles. The molecule has 2 N–H and O–H groups in total. The zero-order valence-corrected chi connectivity index (χ0v) is 14.5. The van der Waals surface area contributed by atoms with Gasteiger partial charge in [-0.05, 0) is 31.2 Å². The van der Waals surface area contributed by atoms with Crippen LogP contribution < -0.4 is 10.6 Å². The number of amides is 2. The van der Waals surface area contributed by atoms with Crippen LogP contribution in [0.25, 0.3) is 10.9 Å². The van der Waals surface area contributed by atoms with Gasteiger partial charge in [-0.15, -0.1) is 5.92 Å². The third-order valence-electron chi connectivity index (χ3n) is 4.30. The highest BCUT2D eigenvalue weighted by Crippen LogP contribution is 2.20. The summed E-state index contributed by atoms with van der Waals surface area (Å²) < 4.78 is 7.64. The minimum atomic E-state index is -0.242. The first-order valence-corrected chi connectivity index (χ1v) is 8.60. The molecule has 1 aromatic heterocycles. The first-order valence-electron chi connectivity index (χ1n) is 8.60. The molecule has 25 heavy (non-hydrogen) atoms. The first-order chi connectivity index (χ1) is 12.3. The molecule has 1 saturated heterocycles. The molecule has 1 aliphatic heterocycles. The summed E-state index contributed by atoms with van der Waals surface area (Å²) in [6, 6.07) is 7.81. The normalized spacial score (nSPS) is 14.8. The van der Waals surface area contributed by atoms with Gasteiger partial charge in [0.05, 0.1) is 19.8 Å². The van der Waals surface area contributed by atoms with Crippen LogP contribution in [-0.2, 0) is 11.3 Å². The van der Waals surface area contributed by atoms with Crippen LogP contribution in [0, 0.1) is 11.8 Å². The van der Waals surface area contributed by atoms with Crippen LogP contribution in [-0.4, -0.2) is 54.9 Å². The van der Waals surface area contributed by atoms with Gasteiger partial charge >= 0.3 is 6.03 Å². The van der Waals surface area contributed by atoms with Crippen LogP contribution in [0.5, 0.6) is 0 Å². The minimum Gasteiger partial charge on any atom is -0.379 e. The number of anilines is 1. The third-order valence-corrected chi connectivity index (χ3v) is 4.30. The van der Waals surface area contributed by atoms with Gasteiger partial charge in [-0.25, -0.2) is 4.79 Å². The second kappa shape index (κ2) is 8.56. The summed E-state index contributed by atoms with van der Waals surface area (Å²) in [6.45, 7) is 7.73. The van der Waals surface area contributed by atoms with Crippen molar-refractivity contribution in [2.45, 2.75) is 13.5 Å². The number of hydrogen-bond donors (Lipinski definition) is 2. The van der Waals surface area contributed by atoms with Crippen LogP contribution in [0.3, 0.4) is 0 Å². The molecule has 3 rings (SSSR count). The van der Waals surface area contributed by atoms with Gasteiger partial charge in [0, 0.05) is 49.0 Å². The maximum absolute atomic E-state index is 11.8. The van der Waals surface area contributed by atoms with Crippen LogP contribution in [0.1, 0.15) is 6.92 Å². The number of carbonyl (C=O) groups excluding carboxylic acids is 1. The zero-order valence-electron chi connectivity index (χ0n) is 14.5. The molecule has 6 heteroatoms. The van der Waals surface area contributed by atoms with E-state index in [2.05, 4.69) is 50.3 Å². The van der Waals surface area contributed by atoms with Gasteiger partial charge in [0.25, 0.3) is 0 Å². The summed E-state index contributed by atoms with van der Waals surface area (Å²) in [4.78, 5) is 14.2. The second-order valence-corrected chi connectivity index (χ2v) is 5.97. The van der Waals surface area contributed by atoms with Gasteiger partial charge in [0.15, 0.2) is 0 Å². The summed E-state index contributed by atoms with van der Waals surface area (Å²) in [5, 5.41) is 6.65. The van der Waals surface area contributed by atoms with E-state index >= 15 is 0 Å². The molecule has 0 radical (unpaired) electrons. The van der Waals surface area contributed by atoms with E-state index in [4.69, 9.17) is 4.74 Å². The van der Waals surface area contributed by atoms with Crippen molar-refractivity contribution in [3.8, 4) is 11.8 Å². The molecule has 0 spiro atoms. The predicted octanol–water partition coefficient (Wildman–Crippen LogP) is 2.12. The molecule has 2 amide bonds. The number of nitrogens with one attached hydrogen (secondary N) is 2. The lowest BCUT2D eigenvalue weighted by Gasteiger charge is -2.26. The van der Waals surface area contributed by atoms with Crippen molar-refractivity contribution in [1.29, 1.82) is 0 Å². The Kier molecular flexibility index (Phi) is 5.94. The first kappa shape index (κ1) is 17.3. The fraction of sp³-hybridized carbons (Fsp3) is 0.421. The highest BCUT2D eigenvalue weighted by atomic mass is 16.5. The van der Waals surface area contributed by atoms with E-state index < -0.39 is 0 Å². The molecule has 0 unspecified atom stereocenters. The van der Waals surface area contributed by atoms with Crippen LogP contribution >= 0.6 is 0 Å². The van der Waals surface area contributed by atoms with E-state index in [1.165, 1.54) is 5.52 Å². The number of benzene rings is 1. The van der Waals surface area contributed by atoms with Crippen molar-refractivity contribution in [2.24, 2.45) is 0 Å². The average Bonchev–Trinajstić information content (AvgIpc) is 3.03. The Hall–Kier alpha value is -2.49. The number of ether oxygens (including phenoxy) is 1. The SMILES string of the molecule is CC#CCNC(=O)Nc1ccc2c(ccn2CCN2CCOCC2)c1. The smallest absolute Gasteiger partial charge is 0.319 e. The Bertz CT molecular complexity index is 782. The number of rotatable bonds is 5. The number of fused-ring (bicyclic) bond motifs is 1. The maximum Gasteiger partial charge on any atom is 0.319 e. The summed E-state index contributed by atoms with van der Waals surface area (Å²) in [7, 11) is 0. The van der Waals surface area contributed by atoms with E-state index in [-0.39, 0.29) is 6.03 Å². The molecule has 0 aliphatic carbocycles. The van der Waals surface area contributed by atoms with Crippen LogP contribution in [0.4, 0.5) is 10.5 Å². The zero-order chi connectivity index (χ0) is 17.5. The minimum absolute atomic E-state index is 0.242. The van der Waals surface area contributed by atoms with Gasteiger partial charge in [-0.2, -0.15) is 0 Å². The summed E-state index contributed by atoms with van der Waals surface area (Å²) in [5.74, 6) is 5.55. The van der Waals surface area contributed by atoms with E-state index in [0.717, 1.165) is 50.5 Å². The highest BCUT2D eigenvalue weighted by Gasteiger charge is 2.11. The third kappa shape index (κ3) is 4.75. The Labute approximate surface area is 148 Å². The average molecular weight is 340 g/mol. The number of urea groups is 1. The van der Waals surface area contributed by atoms with Gasteiger partial charge in [-0.3, -0.25) is 4.90 Å². The Balaban J connectivity index is 1.60. The largest absolute Gasteiger partial charge is 0.379 e. The van der Waals surface area contributed by atoms with E-state index in [9.17, 15) is 4.79 Å². The lowest BCUT2D eigenvalue weighted by molar-refractivity contribution is 0.0365. The summed E-state index contributed by atoms with van der Waals surface area (Å²) >= 11 is 0. The van der Waals surface area contributed by atoms with E-state index in [1.807, 2.05) is 12.1 Å².